The third-order valence-corrected chi connectivity index (χ3v) is 2.67. The molecule has 0 spiro atoms. The second kappa shape index (κ2) is 3.29. The molecule has 2 rings (SSSR count). The Kier molecular flexibility index (Phi) is 2.24. The van der Waals surface area contributed by atoms with Gasteiger partial charge in [0.1, 0.15) is 0 Å². The standard InChI is InChI=1S/C8H14N4O2/c1-6-8(13,3-4-14-6)5-7-9-11-12(2)10-7/h6,13H,3-5H2,1-2H3. The molecule has 1 aliphatic rings. The second-order valence-electron chi connectivity index (χ2n) is 3.74. The van der Waals surface area contributed by atoms with Crippen LogP contribution in [0, 0.1) is 0 Å². The first-order valence-corrected chi connectivity index (χ1v) is 4.67. The summed E-state index contributed by atoms with van der Waals surface area (Å²) in [6, 6.07) is 0. The molecule has 14 heavy (non-hydrogen) atoms. The minimum atomic E-state index is -0.830. The molecule has 1 aliphatic heterocycles. The Bertz CT molecular complexity index is 327. The Labute approximate surface area is 81.9 Å². The highest BCUT2D eigenvalue weighted by molar-refractivity contribution is 4.97. The number of ether oxygens (including phenoxy) is 1. The van der Waals surface area contributed by atoms with Crippen molar-refractivity contribution in [2.24, 2.45) is 7.05 Å². The maximum Gasteiger partial charge on any atom is 0.177 e. The molecule has 0 aliphatic carbocycles. The van der Waals surface area contributed by atoms with Crippen LogP contribution in [0.2, 0.25) is 0 Å². The molecule has 0 bridgehead atoms. The number of tetrazole rings is 1. The number of hydrogen-bond donors (Lipinski definition) is 1. The third-order valence-electron chi connectivity index (χ3n) is 2.67. The van der Waals surface area contributed by atoms with Crippen LogP contribution >= 0.6 is 0 Å². The van der Waals surface area contributed by atoms with E-state index in [4.69, 9.17) is 4.74 Å². The molecule has 6 heteroatoms. The molecule has 6 nitrogen and oxygen atoms in total. The average molecular weight is 198 g/mol. The van der Waals surface area contributed by atoms with Crippen LogP contribution in [0.25, 0.3) is 0 Å². The SMILES string of the molecule is CC1OCCC1(O)Cc1nnn(C)n1. The topological polar surface area (TPSA) is 73.1 Å². The van der Waals surface area contributed by atoms with E-state index < -0.39 is 5.60 Å². The fourth-order valence-electron chi connectivity index (χ4n) is 1.67. The van der Waals surface area contributed by atoms with Crippen molar-refractivity contribution in [3.05, 3.63) is 5.82 Å². The van der Waals surface area contributed by atoms with Gasteiger partial charge in [-0.2, -0.15) is 4.80 Å². The van der Waals surface area contributed by atoms with E-state index in [1.165, 1.54) is 4.80 Å². The Balaban J connectivity index is 2.10. The maximum atomic E-state index is 10.2. The quantitative estimate of drug-likeness (QED) is 0.679. The van der Waals surface area contributed by atoms with E-state index in [1.807, 2.05) is 6.92 Å². The van der Waals surface area contributed by atoms with Gasteiger partial charge in [0.2, 0.25) is 0 Å². The minimum Gasteiger partial charge on any atom is -0.387 e. The third kappa shape index (κ3) is 1.62. The summed E-state index contributed by atoms with van der Waals surface area (Å²) in [6.45, 7) is 2.46. The predicted molar refractivity (Wildman–Crippen MR) is 47.5 cm³/mol. The van der Waals surface area contributed by atoms with Crippen molar-refractivity contribution in [3.63, 3.8) is 0 Å². The zero-order valence-corrected chi connectivity index (χ0v) is 8.34. The van der Waals surface area contributed by atoms with Crippen molar-refractivity contribution in [1.29, 1.82) is 0 Å². The number of rotatable bonds is 2. The Morgan fingerprint density at radius 3 is 3.00 bits per heavy atom. The van der Waals surface area contributed by atoms with Crippen LogP contribution < -0.4 is 0 Å². The van der Waals surface area contributed by atoms with Crippen molar-refractivity contribution < 1.29 is 9.84 Å². The predicted octanol–water partition coefficient (Wildman–Crippen LogP) is -0.708. The first-order valence-electron chi connectivity index (χ1n) is 4.67. The average Bonchev–Trinajstić information content (AvgIpc) is 2.62. The molecule has 1 saturated heterocycles. The molecule has 0 radical (unpaired) electrons. The number of nitrogens with zero attached hydrogens (tertiary/aromatic N) is 4. The van der Waals surface area contributed by atoms with Crippen molar-refractivity contribution in [2.45, 2.75) is 31.5 Å². The molecule has 0 amide bonds. The van der Waals surface area contributed by atoms with Gasteiger partial charge in [-0.15, -0.1) is 10.2 Å². The molecule has 1 aromatic rings. The number of aromatic nitrogens is 4. The van der Waals surface area contributed by atoms with E-state index in [-0.39, 0.29) is 6.10 Å². The van der Waals surface area contributed by atoms with Crippen LogP contribution in [0.5, 0.6) is 0 Å². The lowest BCUT2D eigenvalue weighted by atomic mass is 9.92. The van der Waals surface area contributed by atoms with E-state index >= 15 is 0 Å². The number of aryl methyl sites for hydroxylation is 1. The number of aliphatic hydroxyl groups is 1. The first-order chi connectivity index (χ1) is 6.60. The van der Waals surface area contributed by atoms with Gasteiger partial charge in [0.05, 0.1) is 18.8 Å². The summed E-state index contributed by atoms with van der Waals surface area (Å²) in [7, 11) is 1.70. The molecular weight excluding hydrogens is 184 g/mol. The van der Waals surface area contributed by atoms with E-state index in [1.54, 1.807) is 7.05 Å². The van der Waals surface area contributed by atoms with Gasteiger partial charge in [0, 0.05) is 19.4 Å². The fraction of sp³-hybridized carbons (Fsp3) is 0.875. The largest absolute Gasteiger partial charge is 0.387 e. The summed E-state index contributed by atoms with van der Waals surface area (Å²) in [5.74, 6) is 0.562. The van der Waals surface area contributed by atoms with Gasteiger partial charge >= 0.3 is 0 Å². The van der Waals surface area contributed by atoms with Gasteiger partial charge in [0.15, 0.2) is 5.82 Å². The Hall–Kier alpha value is -1.01. The van der Waals surface area contributed by atoms with Gasteiger partial charge in [0.25, 0.3) is 0 Å². The van der Waals surface area contributed by atoms with Crippen LogP contribution in [-0.4, -0.2) is 43.6 Å². The zero-order chi connectivity index (χ0) is 10.2. The highest BCUT2D eigenvalue weighted by Crippen LogP contribution is 2.28. The van der Waals surface area contributed by atoms with Gasteiger partial charge in [-0.1, -0.05) is 0 Å². The molecule has 1 N–H and O–H groups in total. The van der Waals surface area contributed by atoms with E-state index in [2.05, 4.69) is 15.4 Å². The van der Waals surface area contributed by atoms with Crippen LogP contribution in [0.3, 0.4) is 0 Å². The second-order valence-corrected chi connectivity index (χ2v) is 3.74. The van der Waals surface area contributed by atoms with Crippen molar-refractivity contribution in [2.75, 3.05) is 6.61 Å². The molecule has 1 fully saturated rings. The van der Waals surface area contributed by atoms with Crippen molar-refractivity contribution in [3.8, 4) is 0 Å². The van der Waals surface area contributed by atoms with Crippen molar-refractivity contribution in [1.82, 2.24) is 20.2 Å². The Morgan fingerprint density at radius 1 is 1.71 bits per heavy atom. The summed E-state index contributed by atoms with van der Waals surface area (Å²) in [5, 5.41) is 21.8. The summed E-state index contributed by atoms with van der Waals surface area (Å²) >= 11 is 0. The summed E-state index contributed by atoms with van der Waals surface area (Å²) < 4.78 is 5.31. The molecule has 2 unspecified atom stereocenters. The van der Waals surface area contributed by atoms with Gasteiger partial charge in [-0.05, 0) is 12.1 Å². The first kappa shape index (κ1) is 9.54. The molecule has 1 aromatic heterocycles. The van der Waals surface area contributed by atoms with Crippen LogP contribution in [0.4, 0.5) is 0 Å². The van der Waals surface area contributed by atoms with E-state index in [0.717, 1.165) is 0 Å². The summed E-state index contributed by atoms with van der Waals surface area (Å²) in [6.07, 6.45) is 0.875. The Morgan fingerprint density at radius 2 is 2.50 bits per heavy atom. The molecule has 2 atom stereocenters. The maximum absolute atomic E-state index is 10.2. The van der Waals surface area contributed by atoms with Gasteiger partial charge < -0.3 is 9.84 Å². The highest BCUT2D eigenvalue weighted by atomic mass is 16.5. The van der Waals surface area contributed by atoms with Gasteiger partial charge in [-0.25, -0.2) is 0 Å². The van der Waals surface area contributed by atoms with E-state index in [9.17, 15) is 5.11 Å². The van der Waals surface area contributed by atoms with Crippen molar-refractivity contribution >= 4 is 0 Å². The zero-order valence-electron chi connectivity index (χ0n) is 8.34. The fourth-order valence-corrected chi connectivity index (χ4v) is 1.67. The minimum absolute atomic E-state index is 0.161. The van der Waals surface area contributed by atoms with Crippen LogP contribution in [0.15, 0.2) is 0 Å². The summed E-state index contributed by atoms with van der Waals surface area (Å²) in [4.78, 5) is 1.39. The lowest BCUT2D eigenvalue weighted by Gasteiger charge is -2.23. The van der Waals surface area contributed by atoms with Crippen LogP contribution in [-0.2, 0) is 18.2 Å². The highest BCUT2D eigenvalue weighted by Gasteiger charge is 2.40. The molecule has 0 saturated carbocycles. The van der Waals surface area contributed by atoms with Gasteiger partial charge in [-0.3, -0.25) is 0 Å². The molecule has 78 valence electrons. The smallest absolute Gasteiger partial charge is 0.177 e. The van der Waals surface area contributed by atoms with E-state index in [0.29, 0.717) is 25.3 Å². The lowest BCUT2D eigenvalue weighted by Crippen LogP contribution is -2.38. The molecule has 2 heterocycles. The molecular formula is C8H14N4O2. The lowest BCUT2D eigenvalue weighted by molar-refractivity contribution is -0.0281. The normalized spacial score (nSPS) is 32.4. The monoisotopic (exact) mass is 198 g/mol. The molecule has 0 aromatic carbocycles. The summed E-state index contributed by atoms with van der Waals surface area (Å²) in [5.41, 5.74) is -0.830. The van der Waals surface area contributed by atoms with Crippen LogP contribution in [0.1, 0.15) is 19.2 Å². The number of hydrogen-bond acceptors (Lipinski definition) is 5.